The molecular formula is C33H32FN9O3. The fourth-order valence-corrected chi connectivity index (χ4v) is 6.03. The first-order valence-corrected chi connectivity index (χ1v) is 15.2. The number of piperidine rings is 2. The summed E-state index contributed by atoms with van der Waals surface area (Å²) in [7, 11) is 0. The van der Waals surface area contributed by atoms with Crippen LogP contribution in [0, 0.1) is 5.95 Å². The number of nitrogens with zero attached hydrogens (tertiary/aromatic N) is 6. The van der Waals surface area contributed by atoms with Crippen molar-refractivity contribution in [1.82, 2.24) is 34.9 Å². The van der Waals surface area contributed by atoms with Gasteiger partial charge in [0, 0.05) is 37.2 Å². The maximum atomic E-state index is 14.1. The number of nitrogens with one attached hydrogen (secondary N) is 2. The summed E-state index contributed by atoms with van der Waals surface area (Å²) >= 11 is 0. The topological polar surface area (TPSA) is 153 Å². The van der Waals surface area contributed by atoms with E-state index >= 15 is 0 Å². The SMILES string of the molecule is Nc1ncnc2c1c(-c1ccc(Oc3ccccc3)cc1)nn2C1CCN(Cc2ccc(F)nc2NC2CCC(=O)NC2=O)CC1. The van der Waals surface area contributed by atoms with Crippen LogP contribution >= 0.6 is 0 Å². The molecule has 0 spiro atoms. The number of fused-ring (bicyclic) bond motifs is 1. The minimum absolute atomic E-state index is 0.0786. The molecule has 2 aliphatic rings. The molecule has 0 radical (unpaired) electrons. The number of amides is 2. The maximum absolute atomic E-state index is 14.1. The van der Waals surface area contributed by atoms with Gasteiger partial charge in [0.2, 0.25) is 17.8 Å². The van der Waals surface area contributed by atoms with Crippen molar-refractivity contribution in [2.45, 2.75) is 44.3 Å². The number of ether oxygens (including phenoxy) is 1. The van der Waals surface area contributed by atoms with E-state index in [1.165, 1.54) is 12.4 Å². The lowest BCUT2D eigenvalue weighted by molar-refractivity contribution is -0.133. The van der Waals surface area contributed by atoms with Gasteiger partial charge in [-0.3, -0.25) is 19.8 Å². The van der Waals surface area contributed by atoms with Gasteiger partial charge >= 0.3 is 0 Å². The largest absolute Gasteiger partial charge is 0.457 e. The molecule has 3 aromatic heterocycles. The highest BCUT2D eigenvalue weighted by atomic mass is 19.1. The van der Waals surface area contributed by atoms with E-state index in [1.807, 2.05) is 59.3 Å². The first-order valence-electron chi connectivity index (χ1n) is 15.2. The van der Waals surface area contributed by atoms with Crippen molar-refractivity contribution >= 4 is 34.5 Å². The second kappa shape index (κ2) is 12.5. The molecule has 12 nitrogen and oxygen atoms in total. The molecule has 0 aliphatic carbocycles. The van der Waals surface area contributed by atoms with Crippen molar-refractivity contribution in [2.24, 2.45) is 0 Å². The number of benzene rings is 2. The minimum atomic E-state index is -0.652. The number of rotatable bonds is 8. The number of aromatic nitrogens is 5. The van der Waals surface area contributed by atoms with Crippen molar-refractivity contribution in [2.75, 3.05) is 24.1 Å². The summed E-state index contributed by atoms with van der Waals surface area (Å²) in [5.74, 6) is 0.767. The van der Waals surface area contributed by atoms with E-state index in [0.29, 0.717) is 47.1 Å². The molecule has 13 heteroatoms. The predicted octanol–water partition coefficient (Wildman–Crippen LogP) is 4.46. The van der Waals surface area contributed by atoms with E-state index in [0.717, 1.165) is 42.8 Å². The lowest BCUT2D eigenvalue weighted by Gasteiger charge is -2.32. The Morgan fingerprint density at radius 1 is 0.957 bits per heavy atom. The van der Waals surface area contributed by atoms with Crippen LogP contribution in [0.1, 0.15) is 37.3 Å². The predicted molar refractivity (Wildman–Crippen MR) is 169 cm³/mol. The number of nitrogens with two attached hydrogens (primary N) is 1. The molecule has 0 saturated carbocycles. The minimum Gasteiger partial charge on any atom is -0.457 e. The Kier molecular flexibility index (Phi) is 7.97. The average molecular weight is 622 g/mol. The number of hydrogen-bond acceptors (Lipinski definition) is 10. The Morgan fingerprint density at radius 3 is 2.48 bits per heavy atom. The summed E-state index contributed by atoms with van der Waals surface area (Å²) in [6.45, 7) is 2.03. The van der Waals surface area contributed by atoms with E-state index in [-0.39, 0.29) is 18.4 Å². The molecule has 2 aliphatic heterocycles. The highest BCUT2D eigenvalue weighted by molar-refractivity contribution is 6.01. The highest BCUT2D eigenvalue weighted by Gasteiger charge is 2.29. The standard InChI is InChI=1S/C33H32FN9O3/c34-26-12-8-21(31(39-26)38-25-11-13-27(44)40-33(25)45)18-42-16-14-22(15-17-42)43-32-28(30(35)36-19-37-32)29(41-43)20-6-9-24(10-7-20)46-23-4-2-1-3-5-23/h1-10,12,19,22,25H,11,13-18H2,(H,38,39)(H2,35,36,37)(H,40,44,45). The summed E-state index contributed by atoms with van der Waals surface area (Å²) < 4.78 is 22.0. The number of carbonyl (C=O) groups is 2. The Hall–Kier alpha value is -5.43. The summed E-state index contributed by atoms with van der Waals surface area (Å²) in [6.07, 6.45) is 3.61. The van der Waals surface area contributed by atoms with E-state index < -0.39 is 17.9 Å². The molecule has 7 rings (SSSR count). The van der Waals surface area contributed by atoms with Gasteiger partial charge in [0.25, 0.3) is 0 Å². The number of hydrogen-bond donors (Lipinski definition) is 3. The fraction of sp³-hybridized carbons (Fsp3) is 0.273. The molecule has 5 heterocycles. The summed E-state index contributed by atoms with van der Waals surface area (Å²) in [5, 5.41) is 11.1. The summed E-state index contributed by atoms with van der Waals surface area (Å²) in [5.41, 5.74) is 9.42. The number of nitrogen functional groups attached to an aromatic ring is 1. The molecule has 4 N–H and O–H groups in total. The zero-order valence-corrected chi connectivity index (χ0v) is 24.9. The lowest BCUT2D eigenvalue weighted by Crippen LogP contribution is -2.47. The fourth-order valence-electron chi connectivity index (χ4n) is 6.03. The van der Waals surface area contributed by atoms with Crippen molar-refractivity contribution in [3.63, 3.8) is 0 Å². The first kappa shape index (κ1) is 29.3. The van der Waals surface area contributed by atoms with Gasteiger partial charge in [-0.25, -0.2) is 19.6 Å². The van der Waals surface area contributed by atoms with Crippen LogP contribution in [-0.2, 0) is 16.1 Å². The van der Waals surface area contributed by atoms with Crippen LogP contribution in [0.4, 0.5) is 16.0 Å². The lowest BCUT2D eigenvalue weighted by atomic mass is 10.0. The Morgan fingerprint density at radius 2 is 1.72 bits per heavy atom. The third-order valence-corrected chi connectivity index (χ3v) is 8.42. The van der Waals surface area contributed by atoms with Crippen molar-refractivity contribution in [3.8, 4) is 22.8 Å². The van der Waals surface area contributed by atoms with Crippen LogP contribution < -0.4 is 21.1 Å². The molecule has 0 bridgehead atoms. The second-order valence-corrected chi connectivity index (χ2v) is 11.5. The van der Waals surface area contributed by atoms with Crippen LogP contribution in [0.15, 0.2) is 73.1 Å². The number of para-hydroxylation sites is 1. The molecule has 2 aromatic carbocycles. The summed E-state index contributed by atoms with van der Waals surface area (Å²) in [4.78, 5) is 39.0. The quantitative estimate of drug-likeness (QED) is 0.167. The van der Waals surface area contributed by atoms with Crippen LogP contribution in [0.5, 0.6) is 11.5 Å². The molecule has 2 fully saturated rings. The molecule has 2 saturated heterocycles. The van der Waals surface area contributed by atoms with Gasteiger partial charge in [0.05, 0.1) is 11.4 Å². The average Bonchev–Trinajstić information content (AvgIpc) is 3.46. The zero-order valence-electron chi connectivity index (χ0n) is 24.9. The van der Waals surface area contributed by atoms with Crippen molar-refractivity contribution in [1.29, 1.82) is 0 Å². The van der Waals surface area contributed by atoms with Crippen molar-refractivity contribution < 1.29 is 18.7 Å². The third-order valence-electron chi connectivity index (χ3n) is 8.42. The monoisotopic (exact) mass is 621 g/mol. The van der Waals surface area contributed by atoms with E-state index in [2.05, 4.69) is 30.5 Å². The number of likely N-dealkylation sites (tertiary alicyclic amines) is 1. The number of pyridine rings is 1. The van der Waals surface area contributed by atoms with E-state index in [9.17, 15) is 14.0 Å². The van der Waals surface area contributed by atoms with Crippen LogP contribution in [-0.4, -0.2) is 60.6 Å². The third kappa shape index (κ3) is 6.09. The van der Waals surface area contributed by atoms with E-state index in [4.69, 9.17) is 15.6 Å². The van der Waals surface area contributed by atoms with Gasteiger partial charge in [-0.2, -0.15) is 9.49 Å². The molecular weight excluding hydrogens is 589 g/mol. The molecule has 234 valence electrons. The number of anilines is 2. The number of carbonyl (C=O) groups excluding carboxylic acids is 2. The van der Waals surface area contributed by atoms with Gasteiger partial charge < -0.3 is 15.8 Å². The van der Waals surface area contributed by atoms with Gasteiger partial charge in [0.1, 0.15) is 41.2 Å². The van der Waals surface area contributed by atoms with Gasteiger partial charge in [-0.1, -0.05) is 18.2 Å². The first-order chi connectivity index (χ1) is 22.4. The Balaban J connectivity index is 1.06. The van der Waals surface area contributed by atoms with Gasteiger partial charge in [-0.05, 0) is 67.8 Å². The van der Waals surface area contributed by atoms with Crippen molar-refractivity contribution in [3.05, 3.63) is 84.6 Å². The number of halogens is 1. The second-order valence-electron chi connectivity index (χ2n) is 11.5. The van der Waals surface area contributed by atoms with Crippen LogP contribution in [0.25, 0.3) is 22.3 Å². The number of imide groups is 1. The molecule has 1 atom stereocenters. The smallest absolute Gasteiger partial charge is 0.249 e. The summed E-state index contributed by atoms with van der Waals surface area (Å²) in [6, 6.07) is 19.7. The molecule has 1 unspecified atom stereocenters. The molecule has 2 amide bonds. The Labute approximate surface area is 263 Å². The Bertz CT molecular complexity index is 1890. The van der Waals surface area contributed by atoms with Gasteiger partial charge in [-0.15, -0.1) is 0 Å². The van der Waals surface area contributed by atoms with Gasteiger partial charge in [0.15, 0.2) is 5.65 Å². The highest BCUT2D eigenvalue weighted by Crippen LogP contribution is 2.35. The zero-order chi connectivity index (χ0) is 31.6. The van der Waals surface area contributed by atoms with E-state index in [1.54, 1.807) is 6.07 Å². The van der Waals surface area contributed by atoms with Crippen LogP contribution in [0.3, 0.4) is 0 Å². The molecule has 5 aromatic rings. The normalized spacial score (nSPS) is 17.6. The maximum Gasteiger partial charge on any atom is 0.249 e. The molecule has 46 heavy (non-hydrogen) atoms. The van der Waals surface area contributed by atoms with Crippen LogP contribution in [0.2, 0.25) is 0 Å².